The van der Waals surface area contributed by atoms with Gasteiger partial charge in [0, 0.05) is 23.8 Å². The average molecular weight is 424 g/mol. The fraction of sp³-hybridized carbons (Fsp3) is 0.350. The molecule has 8 heteroatoms. The number of hydrogen-bond donors (Lipinski definition) is 3. The number of halogens is 1. The second-order valence-corrected chi connectivity index (χ2v) is 8.61. The fourth-order valence-electron chi connectivity index (χ4n) is 3.20. The van der Waals surface area contributed by atoms with Gasteiger partial charge in [-0.15, -0.1) is 12.4 Å². The fourth-order valence-corrected chi connectivity index (χ4v) is 4.52. The van der Waals surface area contributed by atoms with E-state index < -0.39 is 10.0 Å². The van der Waals surface area contributed by atoms with Crippen LogP contribution in [0.5, 0.6) is 0 Å². The molecular formula is C20H26ClN3O3S. The van der Waals surface area contributed by atoms with Gasteiger partial charge < -0.3 is 10.6 Å². The van der Waals surface area contributed by atoms with Crippen LogP contribution in [0.15, 0.2) is 47.4 Å². The van der Waals surface area contributed by atoms with E-state index in [0.29, 0.717) is 23.4 Å². The third-order valence-corrected chi connectivity index (χ3v) is 6.20. The van der Waals surface area contributed by atoms with Crippen molar-refractivity contribution in [2.75, 3.05) is 17.8 Å². The first-order chi connectivity index (χ1) is 12.8. The number of carbonyl (C=O) groups excluding carboxylic acids is 1. The minimum absolute atomic E-state index is 0. The number of aryl methyl sites for hydroxylation is 2. The maximum Gasteiger partial charge on any atom is 0.262 e. The second kappa shape index (κ2) is 9.41. The predicted octanol–water partition coefficient (Wildman–Crippen LogP) is 3.01. The van der Waals surface area contributed by atoms with Crippen LogP contribution >= 0.6 is 12.4 Å². The Morgan fingerprint density at radius 3 is 2.64 bits per heavy atom. The Labute approximate surface area is 172 Å². The molecule has 2 aromatic carbocycles. The molecule has 1 aliphatic heterocycles. The summed E-state index contributed by atoms with van der Waals surface area (Å²) in [6, 6.07) is 12.2. The van der Waals surface area contributed by atoms with E-state index in [1.165, 1.54) is 6.07 Å². The van der Waals surface area contributed by atoms with E-state index in [0.717, 1.165) is 24.9 Å². The number of nitrogens with one attached hydrogen (secondary N) is 3. The first-order valence-electron chi connectivity index (χ1n) is 9.07. The van der Waals surface area contributed by atoms with Crippen molar-refractivity contribution in [2.45, 2.75) is 37.6 Å². The highest BCUT2D eigenvalue weighted by Crippen LogP contribution is 2.21. The van der Waals surface area contributed by atoms with Gasteiger partial charge in [-0.05, 0) is 68.6 Å². The maximum absolute atomic E-state index is 12.8. The summed E-state index contributed by atoms with van der Waals surface area (Å²) in [6.07, 6.45) is 2.15. The van der Waals surface area contributed by atoms with Gasteiger partial charge in [-0.1, -0.05) is 18.2 Å². The Hall–Kier alpha value is -2.09. The van der Waals surface area contributed by atoms with Crippen molar-refractivity contribution in [1.82, 2.24) is 10.6 Å². The van der Waals surface area contributed by atoms with Crippen LogP contribution in [0.1, 0.15) is 34.3 Å². The zero-order valence-corrected chi connectivity index (χ0v) is 17.6. The zero-order valence-electron chi connectivity index (χ0n) is 16.0. The van der Waals surface area contributed by atoms with Crippen LogP contribution in [0.25, 0.3) is 0 Å². The minimum atomic E-state index is -3.79. The van der Waals surface area contributed by atoms with Crippen LogP contribution in [0.3, 0.4) is 0 Å². The molecule has 0 spiro atoms. The Morgan fingerprint density at radius 1 is 1.18 bits per heavy atom. The topological polar surface area (TPSA) is 87.3 Å². The predicted molar refractivity (Wildman–Crippen MR) is 114 cm³/mol. The molecule has 0 bridgehead atoms. The van der Waals surface area contributed by atoms with Gasteiger partial charge in [0.05, 0.1) is 4.90 Å². The molecule has 28 heavy (non-hydrogen) atoms. The third kappa shape index (κ3) is 5.47. The molecule has 0 aliphatic carbocycles. The van der Waals surface area contributed by atoms with E-state index in [1.807, 2.05) is 13.0 Å². The molecule has 6 nitrogen and oxygen atoms in total. The molecule has 1 atom stereocenters. The van der Waals surface area contributed by atoms with Crippen molar-refractivity contribution in [3.05, 3.63) is 59.2 Å². The van der Waals surface area contributed by atoms with Gasteiger partial charge in [0.15, 0.2) is 0 Å². The van der Waals surface area contributed by atoms with Crippen molar-refractivity contribution < 1.29 is 13.2 Å². The first kappa shape index (κ1) is 22.2. The number of benzene rings is 2. The lowest BCUT2D eigenvalue weighted by Gasteiger charge is -2.14. The lowest BCUT2D eigenvalue weighted by Crippen LogP contribution is -2.37. The normalized spacial score (nSPS) is 16.3. The molecule has 1 heterocycles. The largest absolute Gasteiger partial charge is 0.350 e. The summed E-state index contributed by atoms with van der Waals surface area (Å²) >= 11 is 0. The van der Waals surface area contributed by atoms with Crippen LogP contribution in [-0.4, -0.2) is 33.5 Å². The summed E-state index contributed by atoms with van der Waals surface area (Å²) in [6.45, 7) is 5.12. The molecule has 0 saturated carbocycles. The van der Waals surface area contributed by atoms with Crippen molar-refractivity contribution in [2.24, 2.45) is 0 Å². The lowest BCUT2D eigenvalue weighted by molar-refractivity contribution is 0.0950. The van der Waals surface area contributed by atoms with Crippen molar-refractivity contribution in [1.29, 1.82) is 0 Å². The number of rotatable bonds is 6. The highest BCUT2D eigenvalue weighted by atomic mass is 35.5. The molecule has 2 aromatic rings. The number of carbonyl (C=O) groups is 1. The zero-order chi connectivity index (χ0) is 19.4. The molecule has 1 fully saturated rings. The van der Waals surface area contributed by atoms with Crippen molar-refractivity contribution in [3.63, 3.8) is 0 Å². The van der Waals surface area contributed by atoms with E-state index in [-0.39, 0.29) is 29.3 Å². The first-order valence-corrected chi connectivity index (χ1v) is 10.6. The maximum atomic E-state index is 12.8. The number of anilines is 1. The molecule has 3 N–H and O–H groups in total. The van der Waals surface area contributed by atoms with E-state index >= 15 is 0 Å². The van der Waals surface area contributed by atoms with Gasteiger partial charge in [0.25, 0.3) is 15.9 Å². The van der Waals surface area contributed by atoms with Crippen LogP contribution in [-0.2, 0) is 10.0 Å². The third-order valence-electron chi connectivity index (χ3n) is 4.68. The van der Waals surface area contributed by atoms with E-state index in [4.69, 9.17) is 0 Å². The summed E-state index contributed by atoms with van der Waals surface area (Å²) in [5, 5.41) is 6.20. The number of sulfonamides is 1. The SMILES string of the molecule is Cc1cccc(NS(=O)(=O)c2cc(C(=O)NCC3CCCN3)ccc2C)c1.Cl. The second-order valence-electron chi connectivity index (χ2n) is 6.96. The molecule has 0 aromatic heterocycles. The van der Waals surface area contributed by atoms with Gasteiger partial charge in [-0.2, -0.15) is 0 Å². The summed E-state index contributed by atoms with van der Waals surface area (Å²) in [4.78, 5) is 12.5. The smallest absolute Gasteiger partial charge is 0.262 e. The Kier molecular flexibility index (Phi) is 7.46. The van der Waals surface area contributed by atoms with Crippen LogP contribution < -0.4 is 15.4 Å². The molecule has 1 saturated heterocycles. The Morgan fingerprint density at radius 2 is 1.96 bits per heavy atom. The summed E-state index contributed by atoms with van der Waals surface area (Å²) in [7, 11) is -3.79. The monoisotopic (exact) mass is 423 g/mol. The van der Waals surface area contributed by atoms with E-state index in [1.54, 1.807) is 37.3 Å². The van der Waals surface area contributed by atoms with Gasteiger partial charge in [0.1, 0.15) is 0 Å². The molecule has 0 radical (unpaired) electrons. The molecule has 1 unspecified atom stereocenters. The summed E-state index contributed by atoms with van der Waals surface area (Å²) in [5.41, 5.74) is 2.38. The molecule has 152 valence electrons. The van der Waals surface area contributed by atoms with Crippen LogP contribution in [0, 0.1) is 13.8 Å². The van der Waals surface area contributed by atoms with Crippen LogP contribution in [0.2, 0.25) is 0 Å². The summed E-state index contributed by atoms with van der Waals surface area (Å²) < 4.78 is 28.2. The van der Waals surface area contributed by atoms with E-state index in [9.17, 15) is 13.2 Å². The summed E-state index contributed by atoms with van der Waals surface area (Å²) in [5.74, 6) is -0.268. The number of amides is 1. The quantitative estimate of drug-likeness (QED) is 0.666. The van der Waals surface area contributed by atoms with Crippen molar-refractivity contribution in [3.8, 4) is 0 Å². The average Bonchev–Trinajstić information content (AvgIpc) is 3.13. The Bertz CT molecular complexity index is 941. The molecular weight excluding hydrogens is 398 g/mol. The highest BCUT2D eigenvalue weighted by Gasteiger charge is 2.20. The van der Waals surface area contributed by atoms with Gasteiger partial charge >= 0.3 is 0 Å². The van der Waals surface area contributed by atoms with Gasteiger partial charge in [-0.3, -0.25) is 9.52 Å². The standard InChI is InChI=1S/C20H25N3O3S.ClH/c1-14-5-3-6-17(11-14)23-27(25,26)19-12-16(9-8-15(19)2)20(24)22-13-18-7-4-10-21-18;/h3,5-6,8-9,11-12,18,21,23H,4,7,10,13H2,1-2H3,(H,22,24);1H. The Balaban J connectivity index is 0.00000280. The van der Waals surface area contributed by atoms with E-state index in [2.05, 4.69) is 15.4 Å². The van der Waals surface area contributed by atoms with Gasteiger partial charge in [0.2, 0.25) is 0 Å². The highest BCUT2D eigenvalue weighted by molar-refractivity contribution is 7.92. The van der Waals surface area contributed by atoms with Gasteiger partial charge in [-0.25, -0.2) is 8.42 Å². The van der Waals surface area contributed by atoms with Crippen LogP contribution in [0.4, 0.5) is 5.69 Å². The lowest BCUT2D eigenvalue weighted by atomic mass is 10.1. The molecule has 1 aliphatic rings. The minimum Gasteiger partial charge on any atom is -0.350 e. The number of hydrogen-bond acceptors (Lipinski definition) is 4. The molecule has 1 amide bonds. The van der Waals surface area contributed by atoms with Crippen molar-refractivity contribution >= 4 is 34.0 Å². The molecule has 3 rings (SSSR count).